The van der Waals surface area contributed by atoms with Crippen molar-refractivity contribution in [2.75, 3.05) is 26.2 Å². The number of hydrogen-bond acceptors (Lipinski definition) is 2. The molecule has 0 spiro atoms. The summed E-state index contributed by atoms with van der Waals surface area (Å²) < 4.78 is 0. The number of piperazine rings is 1. The van der Waals surface area contributed by atoms with Gasteiger partial charge in [0.05, 0.1) is 0 Å². The molecule has 0 radical (unpaired) electrons. The van der Waals surface area contributed by atoms with Crippen LogP contribution in [0.2, 0.25) is 0 Å². The standard InChI is InChI=1S/C13H24N2/c1-2-13-10-14-8-9-15(13)11-12-6-4-3-5-7-12/h3-4,12-14H,2,5-11H2,1H3. The second kappa shape index (κ2) is 5.66. The molecule has 1 N–H and O–H groups in total. The molecule has 2 aliphatic rings. The molecule has 15 heavy (non-hydrogen) atoms. The van der Waals surface area contributed by atoms with E-state index in [0.717, 1.165) is 12.0 Å². The highest BCUT2D eigenvalue weighted by atomic mass is 15.2. The molecule has 1 saturated heterocycles. The third-order valence-corrected chi connectivity index (χ3v) is 3.81. The molecule has 2 nitrogen and oxygen atoms in total. The van der Waals surface area contributed by atoms with Gasteiger partial charge in [0.2, 0.25) is 0 Å². The Hall–Kier alpha value is -0.340. The van der Waals surface area contributed by atoms with Crippen LogP contribution in [0.1, 0.15) is 32.6 Å². The van der Waals surface area contributed by atoms with Crippen LogP contribution in [0.15, 0.2) is 12.2 Å². The second-order valence-electron chi connectivity index (χ2n) is 4.91. The molecule has 0 aromatic heterocycles. The highest BCUT2D eigenvalue weighted by Crippen LogP contribution is 2.21. The van der Waals surface area contributed by atoms with Crippen LogP contribution in [0.5, 0.6) is 0 Å². The maximum absolute atomic E-state index is 3.50. The largest absolute Gasteiger partial charge is 0.314 e. The molecule has 0 amide bonds. The SMILES string of the molecule is CCC1CNCCN1CC1CC=CCC1. The van der Waals surface area contributed by atoms with Gasteiger partial charge < -0.3 is 5.32 Å². The molecule has 2 atom stereocenters. The van der Waals surface area contributed by atoms with E-state index in [-0.39, 0.29) is 0 Å². The molecular weight excluding hydrogens is 184 g/mol. The zero-order valence-corrected chi connectivity index (χ0v) is 9.91. The lowest BCUT2D eigenvalue weighted by molar-refractivity contribution is 0.130. The number of nitrogens with one attached hydrogen (secondary N) is 1. The van der Waals surface area contributed by atoms with E-state index in [1.165, 1.54) is 51.9 Å². The Morgan fingerprint density at radius 2 is 2.33 bits per heavy atom. The first-order chi connectivity index (χ1) is 7.40. The summed E-state index contributed by atoms with van der Waals surface area (Å²) in [4.78, 5) is 2.71. The average Bonchev–Trinajstić information content (AvgIpc) is 2.31. The topological polar surface area (TPSA) is 15.3 Å². The van der Waals surface area contributed by atoms with Crippen molar-refractivity contribution in [1.82, 2.24) is 10.2 Å². The zero-order valence-electron chi connectivity index (χ0n) is 9.91. The van der Waals surface area contributed by atoms with Crippen LogP contribution in [0.3, 0.4) is 0 Å². The predicted octanol–water partition coefficient (Wildman–Crippen LogP) is 2.03. The third-order valence-electron chi connectivity index (χ3n) is 3.81. The number of rotatable bonds is 3. The van der Waals surface area contributed by atoms with Crippen LogP contribution < -0.4 is 5.32 Å². The van der Waals surface area contributed by atoms with Crippen molar-refractivity contribution in [2.24, 2.45) is 5.92 Å². The fourth-order valence-electron chi connectivity index (χ4n) is 2.80. The highest BCUT2D eigenvalue weighted by Gasteiger charge is 2.23. The summed E-state index contributed by atoms with van der Waals surface area (Å²) >= 11 is 0. The van der Waals surface area contributed by atoms with Gasteiger partial charge in [0.1, 0.15) is 0 Å². The lowest BCUT2D eigenvalue weighted by Crippen LogP contribution is -2.52. The van der Waals surface area contributed by atoms with Crippen LogP contribution >= 0.6 is 0 Å². The second-order valence-corrected chi connectivity index (χ2v) is 4.91. The Labute approximate surface area is 93.7 Å². The van der Waals surface area contributed by atoms with Crippen molar-refractivity contribution < 1.29 is 0 Å². The van der Waals surface area contributed by atoms with Crippen LogP contribution in [0, 0.1) is 5.92 Å². The fraction of sp³-hybridized carbons (Fsp3) is 0.846. The van der Waals surface area contributed by atoms with Crippen molar-refractivity contribution >= 4 is 0 Å². The minimum Gasteiger partial charge on any atom is -0.314 e. The summed E-state index contributed by atoms with van der Waals surface area (Å²) in [5.41, 5.74) is 0. The maximum atomic E-state index is 3.50. The van der Waals surface area contributed by atoms with Crippen molar-refractivity contribution in [3.05, 3.63) is 12.2 Å². The molecule has 0 aromatic rings. The molecule has 1 aliphatic carbocycles. The third kappa shape index (κ3) is 3.05. The molecule has 0 saturated carbocycles. The molecule has 0 bridgehead atoms. The molecule has 1 fully saturated rings. The van der Waals surface area contributed by atoms with Gasteiger partial charge in [0.15, 0.2) is 0 Å². The van der Waals surface area contributed by atoms with Gasteiger partial charge >= 0.3 is 0 Å². The average molecular weight is 208 g/mol. The van der Waals surface area contributed by atoms with E-state index in [1.54, 1.807) is 0 Å². The van der Waals surface area contributed by atoms with Gasteiger partial charge in [0.25, 0.3) is 0 Å². The Morgan fingerprint density at radius 3 is 3.07 bits per heavy atom. The molecule has 86 valence electrons. The van der Waals surface area contributed by atoms with Crippen LogP contribution in [0.25, 0.3) is 0 Å². The summed E-state index contributed by atoms with van der Waals surface area (Å²) in [7, 11) is 0. The lowest BCUT2D eigenvalue weighted by atomic mass is 9.93. The summed E-state index contributed by atoms with van der Waals surface area (Å²) in [5.74, 6) is 0.919. The smallest absolute Gasteiger partial charge is 0.0218 e. The van der Waals surface area contributed by atoms with E-state index in [1.807, 2.05) is 0 Å². The minimum absolute atomic E-state index is 0.782. The molecule has 2 unspecified atom stereocenters. The van der Waals surface area contributed by atoms with Crippen molar-refractivity contribution in [3.8, 4) is 0 Å². The van der Waals surface area contributed by atoms with E-state index in [4.69, 9.17) is 0 Å². The molecule has 2 rings (SSSR count). The van der Waals surface area contributed by atoms with Crippen molar-refractivity contribution in [2.45, 2.75) is 38.6 Å². The highest BCUT2D eigenvalue weighted by molar-refractivity contribution is 4.92. The number of allylic oxidation sites excluding steroid dienone is 2. The first-order valence-corrected chi connectivity index (χ1v) is 6.50. The molecule has 0 aromatic carbocycles. The maximum Gasteiger partial charge on any atom is 0.0218 e. The predicted molar refractivity (Wildman–Crippen MR) is 65.0 cm³/mol. The van der Waals surface area contributed by atoms with Gasteiger partial charge in [-0.25, -0.2) is 0 Å². The number of hydrogen-bond donors (Lipinski definition) is 1. The normalized spacial score (nSPS) is 33.1. The molecular formula is C13H24N2. The first kappa shape index (κ1) is 11.2. The Kier molecular flexibility index (Phi) is 4.21. The summed E-state index contributed by atoms with van der Waals surface area (Å²) in [5, 5.41) is 3.50. The van der Waals surface area contributed by atoms with E-state index in [9.17, 15) is 0 Å². The van der Waals surface area contributed by atoms with E-state index in [2.05, 4.69) is 29.3 Å². The molecule has 1 heterocycles. The summed E-state index contributed by atoms with van der Waals surface area (Å²) in [6.45, 7) is 7.26. The molecule has 1 aliphatic heterocycles. The Balaban J connectivity index is 1.83. The monoisotopic (exact) mass is 208 g/mol. The minimum atomic E-state index is 0.782. The van der Waals surface area contributed by atoms with Gasteiger partial charge in [-0.15, -0.1) is 0 Å². The zero-order chi connectivity index (χ0) is 10.5. The summed E-state index contributed by atoms with van der Waals surface area (Å²) in [6, 6.07) is 0.782. The van der Waals surface area contributed by atoms with Gasteiger partial charge in [-0.1, -0.05) is 19.1 Å². The lowest BCUT2D eigenvalue weighted by Gasteiger charge is -2.38. The first-order valence-electron chi connectivity index (χ1n) is 6.50. The Bertz CT molecular complexity index is 213. The van der Waals surface area contributed by atoms with Crippen molar-refractivity contribution in [3.63, 3.8) is 0 Å². The number of nitrogens with zero attached hydrogens (tertiary/aromatic N) is 1. The van der Waals surface area contributed by atoms with E-state index < -0.39 is 0 Å². The van der Waals surface area contributed by atoms with Crippen LogP contribution in [-0.4, -0.2) is 37.1 Å². The van der Waals surface area contributed by atoms with E-state index in [0.29, 0.717) is 0 Å². The van der Waals surface area contributed by atoms with E-state index >= 15 is 0 Å². The van der Waals surface area contributed by atoms with Crippen molar-refractivity contribution in [1.29, 1.82) is 0 Å². The molecule has 2 heteroatoms. The van der Waals surface area contributed by atoms with Gasteiger partial charge in [-0.05, 0) is 31.6 Å². The van der Waals surface area contributed by atoms with Crippen LogP contribution in [-0.2, 0) is 0 Å². The summed E-state index contributed by atoms with van der Waals surface area (Å²) in [6.07, 6.45) is 10.0. The van der Waals surface area contributed by atoms with Gasteiger partial charge in [0, 0.05) is 32.2 Å². The van der Waals surface area contributed by atoms with Crippen LogP contribution in [0.4, 0.5) is 0 Å². The van der Waals surface area contributed by atoms with Gasteiger partial charge in [-0.3, -0.25) is 4.90 Å². The Morgan fingerprint density at radius 1 is 1.40 bits per heavy atom. The van der Waals surface area contributed by atoms with Gasteiger partial charge in [-0.2, -0.15) is 0 Å². The fourth-order valence-corrected chi connectivity index (χ4v) is 2.80. The quantitative estimate of drug-likeness (QED) is 0.714.